The maximum atomic E-state index is 11.0. The van der Waals surface area contributed by atoms with E-state index in [1.165, 1.54) is 0 Å². The number of nitrogens with two attached hydrogens (primary N) is 1. The summed E-state index contributed by atoms with van der Waals surface area (Å²) >= 11 is 0. The number of hydrogen-bond acceptors (Lipinski definition) is 6. The molecule has 1 aliphatic heterocycles. The van der Waals surface area contributed by atoms with Gasteiger partial charge in [0, 0.05) is 32.2 Å². The first-order valence-electron chi connectivity index (χ1n) is 9.21. The zero-order valence-corrected chi connectivity index (χ0v) is 15.6. The second kappa shape index (κ2) is 8.73. The van der Waals surface area contributed by atoms with Crippen LogP contribution in [0, 0.1) is 10.1 Å². The van der Waals surface area contributed by atoms with Gasteiger partial charge in [-0.05, 0) is 43.1 Å². The van der Waals surface area contributed by atoms with E-state index in [0.29, 0.717) is 0 Å². The van der Waals surface area contributed by atoms with Crippen LogP contribution < -0.4 is 15.4 Å². The van der Waals surface area contributed by atoms with E-state index in [9.17, 15) is 10.1 Å². The Morgan fingerprint density at radius 2 is 1.89 bits per heavy atom. The van der Waals surface area contributed by atoms with E-state index in [1.807, 2.05) is 24.3 Å². The van der Waals surface area contributed by atoms with Crippen molar-refractivity contribution in [1.29, 1.82) is 0 Å². The molecule has 0 saturated carbocycles. The summed E-state index contributed by atoms with van der Waals surface area (Å²) in [5.74, 6) is 0.913. The molecule has 0 aliphatic carbocycles. The van der Waals surface area contributed by atoms with Crippen LogP contribution in [0.25, 0.3) is 0 Å². The molecule has 2 aromatic carbocycles. The minimum Gasteiger partial charge on any atom is -0.495 e. The van der Waals surface area contributed by atoms with Gasteiger partial charge in [0.1, 0.15) is 11.4 Å². The smallest absolute Gasteiger partial charge is 0.292 e. The second-order valence-corrected chi connectivity index (χ2v) is 6.75. The molecule has 0 unspecified atom stereocenters. The van der Waals surface area contributed by atoms with Crippen molar-refractivity contribution in [2.45, 2.75) is 12.8 Å². The predicted molar refractivity (Wildman–Crippen MR) is 107 cm³/mol. The zero-order valence-electron chi connectivity index (χ0n) is 15.6. The average Bonchev–Trinajstić information content (AvgIpc) is 2.69. The molecule has 0 amide bonds. The molecule has 1 saturated heterocycles. The molecule has 3 rings (SSSR count). The van der Waals surface area contributed by atoms with Gasteiger partial charge in [-0.3, -0.25) is 15.0 Å². The van der Waals surface area contributed by atoms with Gasteiger partial charge in [0.2, 0.25) is 0 Å². The van der Waals surface area contributed by atoms with Crippen LogP contribution in [0.5, 0.6) is 5.75 Å². The fourth-order valence-electron chi connectivity index (χ4n) is 3.51. The van der Waals surface area contributed by atoms with E-state index in [0.717, 1.165) is 62.6 Å². The maximum Gasteiger partial charge on any atom is 0.292 e. The molecule has 2 N–H and O–H groups in total. The molecule has 7 heteroatoms. The van der Waals surface area contributed by atoms with Gasteiger partial charge < -0.3 is 15.4 Å². The SMILES string of the molecule is COc1ccccc1N1CCN(CCCc2ccc(N)c([N+](=O)[O-])c2)CC1. The largest absolute Gasteiger partial charge is 0.495 e. The third-order valence-electron chi connectivity index (χ3n) is 5.03. The van der Waals surface area contributed by atoms with Gasteiger partial charge in [0.25, 0.3) is 5.69 Å². The third-order valence-corrected chi connectivity index (χ3v) is 5.03. The summed E-state index contributed by atoms with van der Waals surface area (Å²) in [5, 5.41) is 11.0. The maximum absolute atomic E-state index is 11.0. The molecule has 0 atom stereocenters. The van der Waals surface area contributed by atoms with Crippen molar-refractivity contribution in [3.63, 3.8) is 0 Å². The van der Waals surface area contributed by atoms with Crippen molar-refractivity contribution in [1.82, 2.24) is 4.90 Å². The molecule has 0 bridgehead atoms. The second-order valence-electron chi connectivity index (χ2n) is 6.75. The van der Waals surface area contributed by atoms with Crippen LogP contribution in [-0.4, -0.2) is 49.7 Å². The van der Waals surface area contributed by atoms with Gasteiger partial charge >= 0.3 is 0 Å². The first-order chi connectivity index (χ1) is 13.1. The number of rotatable bonds is 7. The van der Waals surface area contributed by atoms with Gasteiger partial charge in [-0.1, -0.05) is 18.2 Å². The van der Waals surface area contributed by atoms with Crippen molar-refractivity contribution in [2.24, 2.45) is 0 Å². The molecule has 7 nitrogen and oxygen atoms in total. The van der Waals surface area contributed by atoms with E-state index < -0.39 is 4.92 Å². The fraction of sp³-hybridized carbons (Fsp3) is 0.400. The van der Waals surface area contributed by atoms with E-state index in [2.05, 4.69) is 15.9 Å². The number of nitrogens with zero attached hydrogens (tertiary/aromatic N) is 3. The first kappa shape index (κ1) is 19.0. The van der Waals surface area contributed by atoms with E-state index in [4.69, 9.17) is 10.5 Å². The van der Waals surface area contributed by atoms with Crippen molar-refractivity contribution in [2.75, 3.05) is 50.5 Å². The standard InChI is InChI=1S/C20H26N4O3/c1-27-20-7-3-2-6-18(20)23-13-11-22(12-14-23)10-4-5-16-8-9-17(21)19(15-16)24(25)26/h2-3,6-9,15H,4-5,10-14,21H2,1H3. The van der Waals surface area contributed by atoms with Gasteiger partial charge in [-0.15, -0.1) is 0 Å². The normalized spacial score (nSPS) is 14.9. The lowest BCUT2D eigenvalue weighted by molar-refractivity contribution is -0.384. The molecule has 144 valence electrons. The topological polar surface area (TPSA) is 84.9 Å². The van der Waals surface area contributed by atoms with Crippen LogP contribution in [0.4, 0.5) is 17.1 Å². The molecule has 0 spiro atoms. The molecule has 0 radical (unpaired) electrons. The fourth-order valence-corrected chi connectivity index (χ4v) is 3.51. The third kappa shape index (κ3) is 4.68. The van der Waals surface area contributed by atoms with Crippen molar-refractivity contribution < 1.29 is 9.66 Å². The molecule has 2 aromatic rings. The number of methoxy groups -OCH3 is 1. The van der Waals surface area contributed by atoms with E-state index in [1.54, 1.807) is 19.2 Å². The van der Waals surface area contributed by atoms with Crippen LogP contribution in [-0.2, 0) is 6.42 Å². The van der Waals surface area contributed by atoms with Crippen LogP contribution in [0.3, 0.4) is 0 Å². The van der Waals surface area contributed by atoms with Gasteiger partial charge in [0.15, 0.2) is 0 Å². The quantitative estimate of drug-likeness (QED) is 0.458. The summed E-state index contributed by atoms with van der Waals surface area (Å²) in [5.41, 5.74) is 7.98. The minimum atomic E-state index is -0.421. The number of piperazine rings is 1. The van der Waals surface area contributed by atoms with Gasteiger partial charge in [-0.25, -0.2) is 0 Å². The highest BCUT2D eigenvalue weighted by molar-refractivity contribution is 5.59. The number of nitrogen functional groups attached to an aromatic ring is 1. The first-order valence-corrected chi connectivity index (χ1v) is 9.21. The lowest BCUT2D eigenvalue weighted by Gasteiger charge is -2.36. The molecule has 1 aliphatic rings. The number of para-hydroxylation sites is 2. The Bertz CT molecular complexity index is 789. The Balaban J connectivity index is 1.48. The Hall–Kier alpha value is -2.80. The summed E-state index contributed by atoms with van der Waals surface area (Å²) in [4.78, 5) is 15.4. The van der Waals surface area contributed by atoms with Crippen molar-refractivity contribution in [3.05, 3.63) is 58.1 Å². The van der Waals surface area contributed by atoms with E-state index >= 15 is 0 Å². The van der Waals surface area contributed by atoms with Crippen LogP contribution in [0.2, 0.25) is 0 Å². The number of hydrogen-bond donors (Lipinski definition) is 1. The van der Waals surface area contributed by atoms with Crippen LogP contribution in [0.1, 0.15) is 12.0 Å². The number of ether oxygens (including phenoxy) is 1. The highest BCUT2D eigenvalue weighted by atomic mass is 16.6. The molecular formula is C20H26N4O3. The summed E-state index contributed by atoms with van der Waals surface area (Å²) in [6, 6.07) is 13.2. The van der Waals surface area contributed by atoms with Crippen LogP contribution >= 0.6 is 0 Å². The van der Waals surface area contributed by atoms with E-state index in [-0.39, 0.29) is 11.4 Å². The number of benzene rings is 2. The van der Waals surface area contributed by atoms with Crippen molar-refractivity contribution >= 4 is 17.1 Å². The van der Waals surface area contributed by atoms with Gasteiger partial charge in [0.05, 0.1) is 17.7 Å². The van der Waals surface area contributed by atoms with Crippen LogP contribution in [0.15, 0.2) is 42.5 Å². The molecule has 0 aromatic heterocycles. The molecular weight excluding hydrogens is 344 g/mol. The minimum absolute atomic E-state index is 0.00192. The number of anilines is 2. The van der Waals surface area contributed by atoms with Crippen molar-refractivity contribution in [3.8, 4) is 5.75 Å². The molecule has 27 heavy (non-hydrogen) atoms. The highest BCUT2D eigenvalue weighted by Gasteiger charge is 2.19. The number of nitro benzene ring substituents is 1. The summed E-state index contributed by atoms with van der Waals surface area (Å²) in [6.45, 7) is 4.92. The Labute approximate surface area is 159 Å². The molecule has 1 fully saturated rings. The van der Waals surface area contributed by atoms with Gasteiger partial charge in [-0.2, -0.15) is 0 Å². The Morgan fingerprint density at radius 1 is 1.15 bits per heavy atom. The zero-order chi connectivity index (χ0) is 19.2. The monoisotopic (exact) mass is 370 g/mol. The number of nitro groups is 1. The summed E-state index contributed by atoms with van der Waals surface area (Å²) in [7, 11) is 1.70. The summed E-state index contributed by atoms with van der Waals surface area (Å²) < 4.78 is 5.46. The number of aryl methyl sites for hydroxylation is 1. The molecule has 1 heterocycles. The average molecular weight is 370 g/mol. The Kier molecular flexibility index (Phi) is 6.13. The lowest BCUT2D eigenvalue weighted by atomic mass is 10.1. The Morgan fingerprint density at radius 3 is 2.59 bits per heavy atom. The lowest BCUT2D eigenvalue weighted by Crippen LogP contribution is -2.46. The predicted octanol–water partition coefficient (Wildman–Crippen LogP) is 2.94. The summed E-state index contributed by atoms with van der Waals surface area (Å²) in [6.07, 6.45) is 1.78. The highest BCUT2D eigenvalue weighted by Crippen LogP contribution is 2.28.